The molecule has 0 saturated carbocycles. The Morgan fingerprint density at radius 1 is 1.19 bits per heavy atom. The van der Waals surface area contributed by atoms with E-state index in [0.29, 0.717) is 0 Å². The van der Waals surface area contributed by atoms with Crippen molar-refractivity contribution in [2.45, 2.75) is 39.2 Å². The number of nitrogens with one attached hydrogen (secondary N) is 1. The summed E-state index contributed by atoms with van der Waals surface area (Å²) in [6, 6.07) is 8.32. The van der Waals surface area contributed by atoms with Crippen molar-refractivity contribution in [2.24, 2.45) is 0 Å². The van der Waals surface area contributed by atoms with Crippen molar-refractivity contribution >= 4 is 11.6 Å². The van der Waals surface area contributed by atoms with Gasteiger partial charge in [0.1, 0.15) is 0 Å². The van der Waals surface area contributed by atoms with E-state index in [-0.39, 0.29) is 12.6 Å². The van der Waals surface area contributed by atoms with Crippen LogP contribution in [0.25, 0.3) is 0 Å². The quantitative estimate of drug-likeness (QED) is 0.656. The lowest BCUT2D eigenvalue weighted by molar-refractivity contribution is 0.187. The van der Waals surface area contributed by atoms with Crippen LogP contribution in [0.4, 0.5) is 0 Å². The molecule has 0 saturated heterocycles. The van der Waals surface area contributed by atoms with Crippen LogP contribution < -0.4 is 5.32 Å². The second-order valence-corrected chi connectivity index (χ2v) is 5.75. The fourth-order valence-electron chi connectivity index (χ4n) is 2.54. The van der Waals surface area contributed by atoms with Crippen LogP contribution in [0.3, 0.4) is 0 Å². The molecule has 1 unspecified atom stereocenters. The molecule has 3 nitrogen and oxygen atoms in total. The minimum absolute atomic E-state index is 0.224. The molecule has 0 aliphatic carbocycles. The Bertz CT molecular complexity index is 387. The standard InChI is InChI=1S/C17H29ClN2O/c1-3-5-11-20(13-14-21)12-10-17(19-4-2)15-8-6-7-9-16(15)18/h6-9,17,19,21H,3-5,10-14H2,1-2H3. The topological polar surface area (TPSA) is 35.5 Å². The minimum Gasteiger partial charge on any atom is -0.395 e. The SMILES string of the molecule is CCCCN(CCO)CCC(NCC)c1ccccc1Cl. The van der Waals surface area contributed by atoms with Crippen LogP contribution in [-0.4, -0.2) is 42.8 Å². The second-order valence-electron chi connectivity index (χ2n) is 5.34. The fraction of sp³-hybridized carbons (Fsp3) is 0.647. The number of halogens is 1. The molecule has 120 valence electrons. The molecular formula is C17H29ClN2O. The third-order valence-corrected chi connectivity index (χ3v) is 4.05. The van der Waals surface area contributed by atoms with E-state index >= 15 is 0 Å². The summed E-state index contributed by atoms with van der Waals surface area (Å²) in [7, 11) is 0. The lowest BCUT2D eigenvalue weighted by Gasteiger charge is -2.25. The first-order chi connectivity index (χ1) is 10.2. The zero-order valence-electron chi connectivity index (χ0n) is 13.3. The van der Waals surface area contributed by atoms with Crippen LogP contribution >= 0.6 is 11.6 Å². The van der Waals surface area contributed by atoms with Crippen LogP contribution in [0.5, 0.6) is 0 Å². The molecule has 1 aromatic carbocycles. The number of benzene rings is 1. The summed E-state index contributed by atoms with van der Waals surface area (Å²) in [4.78, 5) is 2.34. The van der Waals surface area contributed by atoms with E-state index in [9.17, 15) is 5.11 Å². The highest BCUT2D eigenvalue weighted by molar-refractivity contribution is 6.31. The maximum atomic E-state index is 9.19. The Hall–Kier alpha value is -0.610. The van der Waals surface area contributed by atoms with E-state index in [1.165, 1.54) is 18.4 Å². The molecule has 1 aromatic rings. The third kappa shape index (κ3) is 6.79. The van der Waals surface area contributed by atoms with Crippen LogP contribution in [0.2, 0.25) is 5.02 Å². The fourth-order valence-corrected chi connectivity index (χ4v) is 2.81. The molecule has 4 heteroatoms. The van der Waals surface area contributed by atoms with Crippen LogP contribution in [0.1, 0.15) is 44.7 Å². The average molecular weight is 313 g/mol. The predicted octanol–water partition coefficient (Wildman–Crippen LogP) is 3.48. The maximum Gasteiger partial charge on any atom is 0.0558 e. The molecular weight excluding hydrogens is 284 g/mol. The summed E-state index contributed by atoms with van der Waals surface area (Å²) < 4.78 is 0. The Balaban J connectivity index is 2.62. The van der Waals surface area contributed by atoms with Crippen LogP contribution in [0, 0.1) is 0 Å². The van der Waals surface area contributed by atoms with Gasteiger partial charge in [0.05, 0.1) is 6.61 Å². The van der Waals surface area contributed by atoms with Gasteiger partial charge in [0.15, 0.2) is 0 Å². The average Bonchev–Trinajstić information content (AvgIpc) is 2.49. The van der Waals surface area contributed by atoms with E-state index in [2.05, 4.69) is 30.1 Å². The molecule has 0 amide bonds. The Morgan fingerprint density at radius 2 is 1.95 bits per heavy atom. The molecule has 21 heavy (non-hydrogen) atoms. The van der Waals surface area contributed by atoms with Crippen molar-refractivity contribution < 1.29 is 5.11 Å². The zero-order valence-corrected chi connectivity index (χ0v) is 14.1. The van der Waals surface area contributed by atoms with Gasteiger partial charge in [0.25, 0.3) is 0 Å². The van der Waals surface area contributed by atoms with Crippen molar-refractivity contribution in [1.82, 2.24) is 10.2 Å². The summed E-state index contributed by atoms with van der Waals surface area (Å²) >= 11 is 6.32. The molecule has 0 bridgehead atoms. The highest BCUT2D eigenvalue weighted by Crippen LogP contribution is 2.25. The first-order valence-corrected chi connectivity index (χ1v) is 8.41. The van der Waals surface area contributed by atoms with Crippen LogP contribution in [0.15, 0.2) is 24.3 Å². The lowest BCUT2D eigenvalue weighted by atomic mass is 10.0. The first kappa shape index (κ1) is 18.4. The van der Waals surface area contributed by atoms with Crippen molar-refractivity contribution in [3.63, 3.8) is 0 Å². The van der Waals surface area contributed by atoms with Gasteiger partial charge >= 0.3 is 0 Å². The molecule has 0 aliphatic heterocycles. The second kappa shape index (κ2) is 11.0. The van der Waals surface area contributed by atoms with Gasteiger partial charge in [-0.1, -0.05) is 50.1 Å². The van der Waals surface area contributed by atoms with E-state index in [0.717, 1.165) is 37.6 Å². The molecule has 0 aliphatic rings. The van der Waals surface area contributed by atoms with Crippen molar-refractivity contribution in [1.29, 1.82) is 0 Å². The highest BCUT2D eigenvalue weighted by atomic mass is 35.5. The number of rotatable bonds is 11. The van der Waals surface area contributed by atoms with Crippen molar-refractivity contribution in [2.75, 3.05) is 32.8 Å². The Kier molecular flexibility index (Phi) is 9.68. The number of aliphatic hydroxyl groups excluding tert-OH is 1. The number of hydrogen-bond donors (Lipinski definition) is 2. The van der Waals surface area contributed by atoms with E-state index < -0.39 is 0 Å². The number of unbranched alkanes of at least 4 members (excludes halogenated alkanes) is 1. The normalized spacial score (nSPS) is 12.8. The molecule has 2 N–H and O–H groups in total. The molecule has 1 rings (SSSR count). The summed E-state index contributed by atoms with van der Waals surface area (Å²) in [6.45, 7) is 8.24. The number of hydrogen-bond acceptors (Lipinski definition) is 3. The lowest BCUT2D eigenvalue weighted by Crippen LogP contribution is -2.32. The van der Waals surface area contributed by atoms with Gasteiger partial charge in [-0.2, -0.15) is 0 Å². The molecule has 0 spiro atoms. The highest BCUT2D eigenvalue weighted by Gasteiger charge is 2.15. The largest absolute Gasteiger partial charge is 0.395 e. The van der Waals surface area contributed by atoms with Gasteiger partial charge < -0.3 is 15.3 Å². The molecule has 0 radical (unpaired) electrons. The van der Waals surface area contributed by atoms with Crippen molar-refractivity contribution in [3.8, 4) is 0 Å². The molecule has 0 fully saturated rings. The first-order valence-electron chi connectivity index (χ1n) is 8.03. The smallest absolute Gasteiger partial charge is 0.0558 e. The Morgan fingerprint density at radius 3 is 2.57 bits per heavy atom. The van der Waals surface area contributed by atoms with Crippen LogP contribution in [-0.2, 0) is 0 Å². The molecule has 0 aromatic heterocycles. The third-order valence-electron chi connectivity index (χ3n) is 3.71. The van der Waals surface area contributed by atoms with Gasteiger partial charge in [0.2, 0.25) is 0 Å². The van der Waals surface area contributed by atoms with Gasteiger partial charge in [-0.3, -0.25) is 0 Å². The van der Waals surface area contributed by atoms with Gasteiger partial charge in [-0.15, -0.1) is 0 Å². The summed E-state index contributed by atoms with van der Waals surface area (Å²) in [5, 5.41) is 13.5. The summed E-state index contributed by atoms with van der Waals surface area (Å²) in [5.41, 5.74) is 1.17. The minimum atomic E-state index is 0.224. The van der Waals surface area contributed by atoms with Crippen molar-refractivity contribution in [3.05, 3.63) is 34.9 Å². The van der Waals surface area contributed by atoms with Gasteiger partial charge in [-0.05, 0) is 37.6 Å². The van der Waals surface area contributed by atoms with E-state index in [1.807, 2.05) is 18.2 Å². The maximum absolute atomic E-state index is 9.19. The molecule has 0 heterocycles. The number of aliphatic hydroxyl groups is 1. The van der Waals surface area contributed by atoms with E-state index in [1.54, 1.807) is 0 Å². The van der Waals surface area contributed by atoms with Gasteiger partial charge in [-0.25, -0.2) is 0 Å². The summed E-state index contributed by atoms with van der Waals surface area (Å²) in [5.74, 6) is 0. The number of nitrogens with zero attached hydrogens (tertiary/aromatic N) is 1. The van der Waals surface area contributed by atoms with E-state index in [4.69, 9.17) is 11.6 Å². The summed E-state index contributed by atoms with van der Waals surface area (Å²) in [6.07, 6.45) is 3.36. The van der Waals surface area contributed by atoms with Gasteiger partial charge in [0, 0.05) is 24.2 Å². The monoisotopic (exact) mass is 312 g/mol. The zero-order chi connectivity index (χ0) is 15.5. The Labute approximate surface area is 134 Å². The predicted molar refractivity (Wildman–Crippen MR) is 90.9 cm³/mol. The molecule has 1 atom stereocenters.